The molecule has 0 aliphatic heterocycles. The molecule has 0 atom stereocenters. The zero-order valence-corrected chi connectivity index (χ0v) is 19.6. The van der Waals surface area contributed by atoms with Gasteiger partial charge in [-0.1, -0.05) is 28.1 Å². The Hall–Kier alpha value is -3.63. The molecule has 5 rings (SSSR count). The highest BCUT2D eigenvalue weighted by atomic mass is 79.9. The molecule has 2 aromatic carbocycles. The first-order chi connectivity index (χ1) is 15.9. The molecule has 0 saturated heterocycles. The maximum atomic E-state index is 14.4. The summed E-state index contributed by atoms with van der Waals surface area (Å²) in [5, 5.41) is 9.29. The van der Waals surface area contributed by atoms with Crippen LogP contribution in [0.2, 0.25) is 0 Å². The molecule has 5 aromatic rings. The largest absolute Gasteiger partial charge is 0.382 e. The van der Waals surface area contributed by atoms with E-state index in [1.54, 1.807) is 23.7 Å². The van der Waals surface area contributed by atoms with Gasteiger partial charge in [0.05, 0.1) is 27.2 Å². The van der Waals surface area contributed by atoms with Crippen LogP contribution in [0.3, 0.4) is 0 Å². The maximum absolute atomic E-state index is 14.4. The third-order valence-corrected chi connectivity index (χ3v) is 6.69. The van der Waals surface area contributed by atoms with E-state index in [2.05, 4.69) is 41.5 Å². The minimum atomic E-state index is -0.408. The smallest absolute Gasteiger partial charge is 0.258 e. The second-order valence-electron chi connectivity index (χ2n) is 7.30. The van der Waals surface area contributed by atoms with Crippen LogP contribution in [-0.4, -0.2) is 20.9 Å². The van der Waals surface area contributed by atoms with Crippen molar-refractivity contribution in [2.45, 2.75) is 6.92 Å². The number of nitrogens with one attached hydrogen (secondary N) is 2. The van der Waals surface area contributed by atoms with Gasteiger partial charge >= 0.3 is 0 Å². The normalized spacial score (nSPS) is 11.1. The molecule has 0 bridgehead atoms. The lowest BCUT2D eigenvalue weighted by molar-refractivity contribution is 0.102. The highest BCUT2D eigenvalue weighted by Crippen LogP contribution is 2.34. The number of aryl methyl sites for hydroxylation is 1. The number of nitrogens with two attached hydrogens (primary N) is 1. The number of benzene rings is 2. The molecule has 0 fully saturated rings. The molecule has 164 valence electrons. The van der Waals surface area contributed by atoms with Gasteiger partial charge in [0.15, 0.2) is 0 Å². The average molecular weight is 523 g/mol. The number of anilines is 4. The molecule has 1 amide bonds. The zero-order valence-electron chi connectivity index (χ0n) is 17.2. The van der Waals surface area contributed by atoms with Crippen molar-refractivity contribution in [3.05, 3.63) is 75.7 Å². The van der Waals surface area contributed by atoms with E-state index in [9.17, 15) is 9.18 Å². The quantitative estimate of drug-likeness (QED) is 0.266. The number of fused-ring (bicyclic) bond motifs is 2. The number of pyridine rings is 1. The van der Waals surface area contributed by atoms with Gasteiger partial charge in [-0.25, -0.2) is 19.3 Å². The van der Waals surface area contributed by atoms with Gasteiger partial charge in [-0.05, 0) is 36.8 Å². The fourth-order valence-electron chi connectivity index (χ4n) is 3.56. The molecule has 3 heterocycles. The number of halogens is 2. The minimum absolute atomic E-state index is 0.298. The molecule has 0 saturated carbocycles. The first-order valence-corrected chi connectivity index (χ1v) is 11.5. The number of hydrogen-bond acceptors (Lipinski definition) is 7. The second kappa shape index (κ2) is 8.38. The molecular weight excluding hydrogens is 507 g/mol. The summed E-state index contributed by atoms with van der Waals surface area (Å²) in [6.45, 7) is 1.91. The van der Waals surface area contributed by atoms with Crippen molar-refractivity contribution in [3.8, 4) is 0 Å². The Kier molecular flexibility index (Phi) is 5.39. The average Bonchev–Trinajstić information content (AvgIpc) is 3.23. The molecule has 0 spiro atoms. The zero-order chi connectivity index (χ0) is 23.1. The van der Waals surface area contributed by atoms with E-state index in [0.717, 1.165) is 16.3 Å². The molecule has 4 N–H and O–H groups in total. The lowest BCUT2D eigenvalue weighted by Gasteiger charge is -2.15. The third kappa shape index (κ3) is 3.87. The van der Waals surface area contributed by atoms with Crippen LogP contribution < -0.4 is 16.4 Å². The number of aromatic nitrogens is 3. The Morgan fingerprint density at radius 2 is 1.97 bits per heavy atom. The van der Waals surface area contributed by atoms with Crippen molar-refractivity contribution in [3.63, 3.8) is 0 Å². The van der Waals surface area contributed by atoms with Crippen LogP contribution in [0.4, 0.5) is 27.4 Å². The fourth-order valence-corrected chi connectivity index (χ4v) is 4.79. The summed E-state index contributed by atoms with van der Waals surface area (Å²) in [6, 6.07) is 10.3. The van der Waals surface area contributed by atoms with E-state index in [4.69, 9.17) is 5.73 Å². The first kappa shape index (κ1) is 21.2. The topological polar surface area (TPSA) is 106 Å². The van der Waals surface area contributed by atoms with Gasteiger partial charge in [0.25, 0.3) is 5.91 Å². The monoisotopic (exact) mass is 522 g/mol. The maximum Gasteiger partial charge on any atom is 0.258 e. The number of carbonyl (C=O) groups excluding carboxylic acids is 1. The first-order valence-electron chi connectivity index (χ1n) is 9.82. The van der Waals surface area contributed by atoms with Gasteiger partial charge in [-0.2, -0.15) is 0 Å². The summed E-state index contributed by atoms with van der Waals surface area (Å²) in [4.78, 5) is 25.7. The van der Waals surface area contributed by atoms with Crippen molar-refractivity contribution in [2.75, 3.05) is 16.4 Å². The van der Waals surface area contributed by atoms with E-state index < -0.39 is 5.82 Å². The van der Waals surface area contributed by atoms with E-state index in [1.165, 1.54) is 23.7 Å². The van der Waals surface area contributed by atoms with E-state index in [-0.39, 0.29) is 5.91 Å². The SMILES string of the molecule is Cc1ccc2c(Nc3ccc(Br)cc3F)nccc2c1NC(=O)c1csc2c(N)ncnc12. The summed E-state index contributed by atoms with van der Waals surface area (Å²) in [7, 11) is 0. The summed E-state index contributed by atoms with van der Waals surface area (Å²) < 4.78 is 15.7. The molecular formula is C23H16BrFN6OS. The van der Waals surface area contributed by atoms with Gasteiger partial charge < -0.3 is 16.4 Å². The van der Waals surface area contributed by atoms with Crippen molar-refractivity contribution < 1.29 is 9.18 Å². The number of thiophene rings is 1. The number of rotatable bonds is 4. The molecule has 3 aromatic heterocycles. The van der Waals surface area contributed by atoms with E-state index in [0.29, 0.717) is 43.3 Å². The molecule has 0 unspecified atom stereocenters. The standard InChI is InChI=1S/C23H16BrFN6OS/c1-11-2-4-14-13(6-7-27-22(14)30-17-5-3-12(24)8-16(17)25)18(11)31-23(32)15-9-33-20-19(15)28-10-29-21(20)26/h2-10H,1H3,(H,27,30)(H,31,32)(H2,26,28,29). The van der Waals surface area contributed by atoms with Crippen LogP contribution in [0.5, 0.6) is 0 Å². The highest BCUT2D eigenvalue weighted by Gasteiger charge is 2.18. The number of carbonyl (C=O) groups is 1. The lowest BCUT2D eigenvalue weighted by Crippen LogP contribution is -2.13. The minimum Gasteiger partial charge on any atom is -0.382 e. The highest BCUT2D eigenvalue weighted by molar-refractivity contribution is 9.10. The molecule has 33 heavy (non-hydrogen) atoms. The molecule has 7 nitrogen and oxygen atoms in total. The van der Waals surface area contributed by atoms with Gasteiger partial charge in [0.1, 0.15) is 23.8 Å². The number of amides is 1. The Balaban J connectivity index is 1.54. The predicted molar refractivity (Wildman–Crippen MR) is 134 cm³/mol. The lowest BCUT2D eigenvalue weighted by atomic mass is 10.0. The van der Waals surface area contributed by atoms with Crippen molar-refractivity contribution >= 4 is 77.2 Å². The van der Waals surface area contributed by atoms with Crippen molar-refractivity contribution in [1.82, 2.24) is 15.0 Å². The Bertz CT molecular complexity index is 1550. The van der Waals surface area contributed by atoms with E-state index in [1.807, 2.05) is 25.1 Å². The summed E-state index contributed by atoms with van der Waals surface area (Å²) in [6.07, 6.45) is 2.96. The number of nitrogens with zero attached hydrogens (tertiary/aromatic N) is 3. The van der Waals surface area contributed by atoms with Crippen LogP contribution in [0.1, 0.15) is 15.9 Å². The second-order valence-corrected chi connectivity index (χ2v) is 9.10. The van der Waals surface area contributed by atoms with Crippen LogP contribution in [0, 0.1) is 12.7 Å². The van der Waals surface area contributed by atoms with Crippen LogP contribution >= 0.6 is 27.3 Å². The van der Waals surface area contributed by atoms with Crippen LogP contribution in [0.25, 0.3) is 21.0 Å². The van der Waals surface area contributed by atoms with Crippen LogP contribution in [0.15, 0.2) is 58.8 Å². The number of hydrogen-bond donors (Lipinski definition) is 3. The number of nitrogen functional groups attached to an aromatic ring is 1. The molecule has 0 aliphatic carbocycles. The third-order valence-electron chi connectivity index (χ3n) is 5.20. The van der Waals surface area contributed by atoms with Crippen LogP contribution in [-0.2, 0) is 0 Å². The summed E-state index contributed by atoms with van der Waals surface area (Å²) in [5.41, 5.74) is 8.65. The van der Waals surface area contributed by atoms with Gasteiger partial charge in [0, 0.05) is 26.8 Å². The van der Waals surface area contributed by atoms with Gasteiger partial charge in [0.2, 0.25) is 0 Å². The van der Waals surface area contributed by atoms with Gasteiger partial charge in [-0.3, -0.25) is 4.79 Å². The molecule has 0 aliphatic rings. The van der Waals surface area contributed by atoms with E-state index >= 15 is 0 Å². The summed E-state index contributed by atoms with van der Waals surface area (Å²) >= 11 is 4.58. The van der Waals surface area contributed by atoms with Gasteiger partial charge in [-0.15, -0.1) is 11.3 Å². The molecule has 0 radical (unpaired) electrons. The fraction of sp³-hybridized carbons (Fsp3) is 0.0435. The predicted octanol–water partition coefficient (Wildman–Crippen LogP) is 6.03. The van der Waals surface area contributed by atoms with Crippen molar-refractivity contribution in [2.24, 2.45) is 0 Å². The Morgan fingerprint density at radius 1 is 1.12 bits per heavy atom. The summed E-state index contributed by atoms with van der Waals surface area (Å²) in [5.74, 6) is 0.104. The Morgan fingerprint density at radius 3 is 2.79 bits per heavy atom. The van der Waals surface area contributed by atoms with Crippen molar-refractivity contribution in [1.29, 1.82) is 0 Å². The molecule has 10 heteroatoms. The Labute approximate surface area is 200 Å².